The van der Waals surface area contributed by atoms with Crippen LogP contribution in [0.25, 0.3) is 5.69 Å². The molecule has 0 saturated heterocycles. The summed E-state index contributed by atoms with van der Waals surface area (Å²) < 4.78 is 8.80. The van der Waals surface area contributed by atoms with Crippen LogP contribution in [0.2, 0.25) is 0 Å². The average Bonchev–Trinajstić information content (AvgIpc) is 2.59. The lowest BCUT2D eigenvalue weighted by Crippen LogP contribution is -2.22. The lowest BCUT2D eigenvalue weighted by atomic mass is 10.1. The third-order valence-electron chi connectivity index (χ3n) is 3.60. The second-order valence-corrected chi connectivity index (χ2v) is 4.77. The number of aromatic nitrogens is 2. The molecule has 0 fully saturated rings. The molecular formula is C14H17N3O2. The Labute approximate surface area is 111 Å². The summed E-state index contributed by atoms with van der Waals surface area (Å²) in [6.45, 7) is 1.13. The van der Waals surface area contributed by atoms with Gasteiger partial charge in [0, 0.05) is 13.7 Å². The number of anilines is 1. The Kier molecular flexibility index (Phi) is 2.91. The number of hydrogen-bond donors (Lipinski definition) is 1. The molecule has 100 valence electrons. The van der Waals surface area contributed by atoms with E-state index in [1.165, 1.54) is 5.56 Å². The van der Waals surface area contributed by atoms with Crippen LogP contribution in [-0.4, -0.2) is 16.5 Å². The molecule has 19 heavy (non-hydrogen) atoms. The quantitative estimate of drug-likeness (QED) is 0.884. The zero-order valence-electron chi connectivity index (χ0n) is 10.9. The molecule has 5 nitrogen and oxygen atoms in total. The molecule has 2 heterocycles. The predicted octanol–water partition coefficient (Wildman–Crippen LogP) is 1.31. The Morgan fingerprint density at radius 3 is 2.95 bits per heavy atom. The maximum absolute atomic E-state index is 12.4. The van der Waals surface area contributed by atoms with Gasteiger partial charge in [-0.2, -0.15) is 0 Å². The zero-order chi connectivity index (χ0) is 13.4. The van der Waals surface area contributed by atoms with Crippen molar-refractivity contribution in [2.45, 2.75) is 26.0 Å². The summed E-state index contributed by atoms with van der Waals surface area (Å²) in [4.78, 5) is 12.4. The lowest BCUT2D eigenvalue weighted by molar-refractivity contribution is 0.176. The number of nitrogens with zero attached hydrogens (tertiary/aromatic N) is 2. The molecule has 5 heteroatoms. The molecule has 1 aliphatic heterocycles. The van der Waals surface area contributed by atoms with Gasteiger partial charge in [0.2, 0.25) is 0 Å². The van der Waals surface area contributed by atoms with E-state index >= 15 is 0 Å². The van der Waals surface area contributed by atoms with E-state index in [0.717, 1.165) is 30.8 Å². The molecule has 0 spiro atoms. The van der Waals surface area contributed by atoms with Crippen molar-refractivity contribution in [3.05, 3.63) is 45.9 Å². The van der Waals surface area contributed by atoms with Gasteiger partial charge >= 0.3 is 0 Å². The minimum Gasteiger partial charge on any atom is -0.393 e. The first-order valence-corrected chi connectivity index (χ1v) is 6.41. The van der Waals surface area contributed by atoms with E-state index in [4.69, 9.17) is 10.5 Å². The lowest BCUT2D eigenvalue weighted by Gasteiger charge is -2.12. The van der Waals surface area contributed by atoms with E-state index in [1.54, 1.807) is 11.8 Å². The van der Waals surface area contributed by atoms with Crippen LogP contribution >= 0.6 is 0 Å². The summed E-state index contributed by atoms with van der Waals surface area (Å²) in [5, 5.41) is 0. The van der Waals surface area contributed by atoms with Crippen LogP contribution in [0.1, 0.15) is 17.7 Å². The van der Waals surface area contributed by atoms with Crippen LogP contribution < -0.4 is 11.3 Å². The molecule has 0 bridgehead atoms. The van der Waals surface area contributed by atoms with Crippen LogP contribution in [0.15, 0.2) is 29.1 Å². The third-order valence-corrected chi connectivity index (χ3v) is 3.60. The van der Waals surface area contributed by atoms with Gasteiger partial charge in [-0.05, 0) is 24.5 Å². The first-order valence-electron chi connectivity index (χ1n) is 6.41. The fraction of sp³-hybridized carbons (Fsp3) is 0.357. The van der Waals surface area contributed by atoms with E-state index in [2.05, 4.69) is 6.07 Å². The van der Waals surface area contributed by atoms with Crippen LogP contribution in [-0.2, 0) is 24.3 Å². The number of rotatable bonds is 2. The first-order chi connectivity index (χ1) is 9.24. The second kappa shape index (κ2) is 4.59. The third kappa shape index (κ3) is 1.77. The van der Waals surface area contributed by atoms with Crippen molar-refractivity contribution in [3.8, 4) is 5.69 Å². The first kappa shape index (κ1) is 12.0. The molecule has 1 aliphatic rings. The van der Waals surface area contributed by atoms with Gasteiger partial charge in [0.25, 0.3) is 5.56 Å². The summed E-state index contributed by atoms with van der Waals surface area (Å²) in [6.07, 6.45) is 1.96. The molecule has 3 rings (SSSR count). The number of hydrogen-bond acceptors (Lipinski definition) is 3. The highest BCUT2D eigenvalue weighted by atomic mass is 16.5. The largest absolute Gasteiger partial charge is 0.393 e. The summed E-state index contributed by atoms with van der Waals surface area (Å²) in [5.41, 5.74) is 8.96. The fourth-order valence-electron chi connectivity index (χ4n) is 2.72. The number of nitrogen functional groups attached to an aromatic ring is 1. The Balaban J connectivity index is 2.30. The van der Waals surface area contributed by atoms with Crippen molar-refractivity contribution in [1.29, 1.82) is 0 Å². The Bertz CT molecular complexity index is 670. The van der Waals surface area contributed by atoms with Gasteiger partial charge in [-0.25, -0.2) is 4.68 Å². The normalized spacial score (nSPS) is 13.7. The summed E-state index contributed by atoms with van der Waals surface area (Å²) in [7, 11) is 1.61. The Morgan fingerprint density at radius 1 is 1.37 bits per heavy atom. The monoisotopic (exact) mass is 259 g/mol. The SMILES string of the molecule is COCc1c(N)c(=O)n2n1CCCc1ccccc1-2. The second-order valence-electron chi connectivity index (χ2n) is 4.77. The molecule has 0 unspecified atom stereocenters. The molecule has 0 aliphatic carbocycles. The van der Waals surface area contributed by atoms with Crippen molar-refractivity contribution >= 4 is 5.69 Å². The number of ether oxygens (including phenoxy) is 1. The van der Waals surface area contributed by atoms with E-state index in [9.17, 15) is 4.79 Å². The van der Waals surface area contributed by atoms with Gasteiger partial charge in [-0.15, -0.1) is 0 Å². The molecule has 1 aromatic heterocycles. The van der Waals surface area contributed by atoms with Crippen molar-refractivity contribution in [2.24, 2.45) is 0 Å². The van der Waals surface area contributed by atoms with Gasteiger partial charge in [0.05, 0.1) is 18.0 Å². The molecule has 2 aromatic rings. The van der Waals surface area contributed by atoms with Crippen molar-refractivity contribution in [1.82, 2.24) is 9.36 Å². The standard InChI is InChI=1S/C14H17N3O2/c1-19-9-12-13(15)14(18)17-11-7-3-2-5-10(11)6-4-8-16(12)17/h2-3,5,7H,4,6,8-9,15H2,1H3. The zero-order valence-corrected chi connectivity index (χ0v) is 10.9. The van der Waals surface area contributed by atoms with E-state index in [1.807, 2.05) is 22.9 Å². The number of methoxy groups -OCH3 is 1. The van der Waals surface area contributed by atoms with E-state index in [0.29, 0.717) is 12.3 Å². The Morgan fingerprint density at radius 2 is 2.16 bits per heavy atom. The maximum atomic E-state index is 12.4. The number of nitrogens with two attached hydrogens (primary N) is 1. The van der Waals surface area contributed by atoms with Gasteiger partial charge in [-0.3, -0.25) is 9.48 Å². The van der Waals surface area contributed by atoms with Gasteiger partial charge in [-0.1, -0.05) is 18.2 Å². The smallest absolute Gasteiger partial charge is 0.294 e. The minimum atomic E-state index is -0.151. The average molecular weight is 259 g/mol. The highest BCUT2D eigenvalue weighted by Crippen LogP contribution is 2.22. The van der Waals surface area contributed by atoms with Gasteiger partial charge in [0.1, 0.15) is 5.69 Å². The summed E-state index contributed by atoms with van der Waals surface area (Å²) in [5.74, 6) is 0. The van der Waals surface area contributed by atoms with Crippen molar-refractivity contribution in [2.75, 3.05) is 12.8 Å². The fourth-order valence-corrected chi connectivity index (χ4v) is 2.72. The molecule has 0 amide bonds. The number of fused-ring (bicyclic) bond motifs is 3. The van der Waals surface area contributed by atoms with Crippen LogP contribution in [0.5, 0.6) is 0 Å². The summed E-state index contributed by atoms with van der Waals surface area (Å²) >= 11 is 0. The van der Waals surface area contributed by atoms with Crippen LogP contribution in [0, 0.1) is 0 Å². The van der Waals surface area contributed by atoms with E-state index < -0.39 is 0 Å². The molecular weight excluding hydrogens is 242 g/mol. The van der Waals surface area contributed by atoms with E-state index in [-0.39, 0.29) is 5.56 Å². The van der Waals surface area contributed by atoms with Crippen LogP contribution in [0.4, 0.5) is 5.69 Å². The van der Waals surface area contributed by atoms with Gasteiger partial charge < -0.3 is 10.5 Å². The summed E-state index contributed by atoms with van der Waals surface area (Å²) in [6, 6.07) is 7.98. The minimum absolute atomic E-state index is 0.151. The molecule has 0 atom stereocenters. The highest BCUT2D eigenvalue weighted by molar-refractivity contribution is 5.48. The Hall–Kier alpha value is -2.01. The topological polar surface area (TPSA) is 62.2 Å². The number of benzene rings is 1. The molecule has 0 saturated carbocycles. The number of aryl methyl sites for hydroxylation is 1. The molecule has 2 N–H and O–H groups in total. The highest BCUT2D eigenvalue weighted by Gasteiger charge is 2.22. The van der Waals surface area contributed by atoms with Crippen molar-refractivity contribution < 1.29 is 4.74 Å². The molecule has 0 radical (unpaired) electrons. The predicted molar refractivity (Wildman–Crippen MR) is 73.5 cm³/mol. The molecule has 1 aromatic carbocycles. The van der Waals surface area contributed by atoms with Gasteiger partial charge in [0.15, 0.2) is 0 Å². The number of para-hydroxylation sites is 1. The van der Waals surface area contributed by atoms with Crippen LogP contribution in [0.3, 0.4) is 0 Å². The maximum Gasteiger partial charge on any atom is 0.294 e. The van der Waals surface area contributed by atoms with Crippen molar-refractivity contribution in [3.63, 3.8) is 0 Å².